The summed E-state index contributed by atoms with van der Waals surface area (Å²) >= 11 is 0. The Balaban J connectivity index is 1.58. The third-order valence-corrected chi connectivity index (χ3v) is 4.63. The van der Waals surface area contributed by atoms with E-state index in [2.05, 4.69) is 23.6 Å². The first-order valence-corrected chi connectivity index (χ1v) is 8.08. The summed E-state index contributed by atoms with van der Waals surface area (Å²) in [5.74, 6) is 7.67. The van der Waals surface area contributed by atoms with Crippen LogP contribution in [-0.2, 0) is 0 Å². The van der Waals surface area contributed by atoms with E-state index in [1.807, 2.05) is 6.07 Å². The van der Waals surface area contributed by atoms with Crippen LogP contribution in [0.3, 0.4) is 0 Å². The van der Waals surface area contributed by atoms with Crippen LogP contribution in [0.15, 0.2) is 24.3 Å². The second kappa shape index (κ2) is 6.59. The number of hydrogen-bond acceptors (Lipinski definition) is 3. The molecular formula is C17H26N2O. The summed E-state index contributed by atoms with van der Waals surface area (Å²) in [5, 5.41) is 0. The second-order valence-corrected chi connectivity index (χ2v) is 6.34. The molecule has 0 amide bonds. The van der Waals surface area contributed by atoms with Crippen molar-refractivity contribution in [3.63, 3.8) is 0 Å². The molecule has 20 heavy (non-hydrogen) atoms. The Hall–Kier alpha value is -1.06. The van der Waals surface area contributed by atoms with Crippen molar-refractivity contribution in [3.8, 4) is 5.75 Å². The standard InChI is InChI=1S/C17H26N2O/c18-19-17(11-8-13-4-1-2-5-13)14-6-3-7-16(12-14)20-15-9-10-15/h3,6-7,12-13,15,17,19H,1-2,4-5,8-11,18H2. The number of rotatable bonds is 7. The van der Waals surface area contributed by atoms with Gasteiger partial charge in [0.15, 0.2) is 0 Å². The minimum atomic E-state index is 0.248. The Labute approximate surface area is 121 Å². The summed E-state index contributed by atoms with van der Waals surface area (Å²) in [6, 6.07) is 8.67. The van der Waals surface area contributed by atoms with Crippen LogP contribution in [0.4, 0.5) is 0 Å². The van der Waals surface area contributed by atoms with E-state index in [1.165, 1.54) is 50.5 Å². The minimum Gasteiger partial charge on any atom is -0.490 e. The van der Waals surface area contributed by atoms with Crippen LogP contribution in [0.25, 0.3) is 0 Å². The van der Waals surface area contributed by atoms with E-state index in [0.717, 1.165) is 18.1 Å². The summed E-state index contributed by atoms with van der Waals surface area (Å²) in [6.07, 6.45) is 10.9. The van der Waals surface area contributed by atoms with E-state index in [4.69, 9.17) is 10.6 Å². The number of hydrazine groups is 1. The molecule has 2 aliphatic rings. The van der Waals surface area contributed by atoms with Gasteiger partial charge in [-0.15, -0.1) is 0 Å². The molecule has 0 aromatic heterocycles. The fourth-order valence-electron chi connectivity index (χ4n) is 3.23. The van der Waals surface area contributed by atoms with Gasteiger partial charge < -0.3 is 4.74 Å². The van der Waals surface area contributed by atoms with Crippen molar-refractivity contribution in [2.24, 2.45) is 11.8 Å². The summed E-state index contributed by atoms with van der Waals surface area (Å²) in [4.78, 5) is 0. The van der Waals surface area contributed by atoms with Crippen LogP contribution in [0.2, 0.25) is 0 Å². The summed E-state index contributed by atoms with van der Waals surface area (Å²) in [7, 11) is 0. The van der Waals surface area contributed by atoms with Gasteiger partial charge in [-0.25, -0.2) is 0 Å². The van der Waals surface area contributed by atoms with Crippen molar-refractivity contribution in [2.45, 2.75) is 63.5 Å². The van der Waals surface area contributed by atoms with E-state index in [-0.39, 0.29) is 6.04 Å². The third kappa shape index (κ3) is 3.74. The molecule has 3 rings (SSSR count). The van der Waals surface area contributed by atoms with Crippen molar-refractivity contribution in [3.05, 3.63) is 29.8 Å². The van der Waals surface area contributed by atoms with Crippen LogP contribution in [0.1, 0.15) is 63.0 Å². The SMILES string of the molecule is NNC(CCC1CCCC1)c1cccc(OC2CC2)c1. The topological polar surface area (TPSA) is 47.3 Å². The normalized spacial score (nSPS) is 21.1. The molecule has 3 heteroatoms. The lowest BCUT2D eigenvalue weighted by Crippen LogP contribution is -2.28. The summed E-state index contributed by atoms with van der Waals surface area (Å²) < 4.78 is 5.87. The van der Waals surface area contributed by atoms with Gasteiger partial charge in [0, 0.05) is 6.04 Å². The molecule has 0 radical (unpaired) electrons. The van der Waals surface area contributed by atoms with Crippen molar-refractivity contribution >= 4 is 0 Å². The molecule has 3 N–H and O–H groups in total. The largest absolute Gasteiger partial charge is 0.490 e. The molecule has 0 spiro atoms. The predicted molar refractivity (Wildman–Crippen MR) is 81.3 cm³/mol. The first-order valence-electron chi connectivity index (χ1n) is 8.08. The quantitative estimate of drug-likeness (QED) is 0.588. The highest BCUT2D eigenvalue weighted by Gasteiger charge is 2.24. The summed E-state index contributed by atoms with van der Waals surface area (Å²) in [6.45, 7) is 0. The van der Waals surface area contributed by atoms with Gasteiger partial charge >= 0.3 is 0 Å². The van der Waals surface area contributed by atoms with E-state index >= 15 is 0 Å². The molecule has 1 atom stereocenters. The average Bonchev–Trinajstić information content (AvgIpc) is 3.13. The zero-order valence-corrected chi connectivity index (χ0v) is 12.2. The minimum absolute atomic E-state index is 0.248. The number of nitrogens with two attached hydrogens (primary N) is 1. The van der Waals surface area contributed by atoms with Crippen molar-refractivity contribution in [1.29, 1.82) is 0 Å². The maximum Gasteiger partial charge on any atom is 0.120 e. The van der Waals surface area contributed by atoms with Gasteiger partial charge in [0.25, 0.3) is 0 Å². The first kappa shape index (κ1) is 13.9. The molecule has 0 bridgehead atoms. The molecule has 1 unspecified atom stereocenters. The van der Waals surface area contributed by atoms with Gasteiger partial charge in [0.05, 0.1) is 6.10 Å². The Morgan fingerprint density at radius 1 is 1.20 bits per heavy atom. The summed E-state index contributed by atoms with van der Waals surface area (Å²) in [5.41, 5.74) is 4.24. The van der Waals surface area contributed by atoms with Crippen molar-refractivity contribution < 1.29 is 4.74 Å². The first-order chi connectivity index (χ1) is 9.85. The molecule has 2 saturated carbocycles. The zero-order chi connectivity index (χ0) is 13.8. The molecule has 1 aromatic carbocycles. The third-order valence-electron chi connectivity index (χ3n) is 4.63. The van der Waals surface area contributed by atoms with Crippen molar-refractivity contribution in [2.75, 3.05) is 0 Å². The van der Waals surface area contributed by atoms with Crippen LogP contribution in [0, 0.1) is 5.92 Å². The lowest BCUT2D eigenvalue weighted by atomic mass is 9.95. The zero-order valence-electron chi connectivity index (χ0n) is 12.2. The molecule has 2 fully saturated rings. The average molecular weight is 274 g/mol. The molecule has 1 aromatic rings. The molecule has 0 saturated heterocycles. The highest BCUT2D eigenvalue weighted by atomic mass is 16.5. The Morgan fingerprint density at radius 3 is 2.70 bits per heavy atom. The highest BCUT2D eigenvalue weighted by molar-refractivity contribution is 5.31. The molecule has 2 aliphatic carbocycles. The Kier molecular flexibility index (Phi) is 4.58. The smallest absolute Gasteiger partial charge is 0.120 e. The number of nitrogens with one attached hydrogen (secondary N) is 1. The maximum absolute atomic E-state index is 5.87. The molecule has 3 nitrogen and oxygen atoms in total. The van der Waals surface area contributed by atoms with Gasteiger partial charge in [-0.2, -0.15) is 0 Å². The van der Waals surface area contributed by atoms with Crippen LogP contribution in [0.5, 0.6) is 5.75 Å². The second-order valence-electron chi connectivity index (χ2n) is 6.34. The van der Waals surface area contributed by atoms with Crippen LogP contribution >= 0.6 is 0 Å². The van der Waals surface area contributed by atoms with Gasteiger partial charge in [0.1, 0.15) is 5.75 Å². The van der Waals surface area contributed by atoms with Crippen LogP contribution in [-0.4, -0.2) is 6.10 Å². The van der Waals surface area contributed by atoms with Crippen molar-refractivity contribution in [1.82, 2.24) is 5.43 Å². The molecule has 110 valence electrons. The molecule has 0 heterocycles. The Bertz CT molecular complexity index is 425. The van der Waals surface area contributed by atoms with Crippen LogP contribution < -0.4 is 16.0 Å². The monoisotopic (exact) mass is 274 g/mol. The van der Waals surface area contributed by atoms with Gasteiger partial charge in [-0.3, -0.25) is 11.3 Å². The van der Waals surface area contributed by atoms with E-state index in [9.17, 15) is 0 Å². The van der Waals surface area contributed by atoms with Gasteiger partial charge in [-0.1, -0.05) is 37.8 Å². The highest BCUT2D eigenvalue weighted by Crippen LogP contribution is 2.32. The number of ether oxygens (including phenoxy) is 1. The van der Waals surface area contributed by atoms with E-state index in [0.29, 0.717) is 6.10 Å². The van der Waals surface area contributed by atoms with E-state index in [1.54, 1.807) is 0 Å². The Morgan fingerprint density at radius 2 is 2.00 bits per heavy atom. The predicted octanol–water partition coefficient (Wildman–Crippen LogP) is 3.70. The molecular weight excluding hydrogens is 248 g/mol. The van der Waals surface area contributed by atoms with Gasteiger partial charge in [-0.05, 0) is 49.3 Å². The maximum atomic E-state index is 5.87. The fourth-order valence-corrected chi connectivity index (χ4v) is 3.23. The number of hydrogen-bond donors (Lipinski definition) is 2. The number of benzene rings is 1. The lowest BCUT2D eigenvalue weighted by molar-refractivity contribution is 0.302. The lowest BCUT2D eigenvalue weighted by Gasteiger charge is -2.19. The molecule has 0 aliphatic heterocycles. The van der Waals surface area contributed by atoms with Gasteiger partial charge in [0.2, 0.25) is 0 Å². The fraction of sp³-hybridized carbons (Fsp3) is 0.647. The van der Waals surface area contributed by atoms with E-state index < -0.39 is 0 Å².